The SMILES string of the molecule is C1CC1.Cl.N=C(N)CO. The molecule has 0 atom stereocenters. The van der Waals surface area contributed by atoms with Gasteiger partial charge in [-0.1, -0.05) is 19.3 Å². The van der Waals surface area contributed by atoms with Crippen LogP contribution in [0.5, 0.6) is 0 Å². The lowest BCUT2D eigenvalue weighted by Crippen LogP contribution is -2.13. The molecule has 0 aromatic carbocycles. The molecule has 0 bridgehead atoms. The Kier molecular flexibility index (Phi) is 9.87. The normalized spacial score (nSPS) is 12.1. The molecule has 0 aliphatic heterocycles. The molecule has 4 N–H and O–H groups in total. The molecule has 1 fully saturated rings. The maximum atomic E-state index is 7.79. The Hall–Kier alpha value is -0.280. The predicted molar refractivity (Wildman–Crippen MR) is 40.1 cm³/mol. The Morgan fingerprint density at radius 3 is 1.67 bits per heavy atom. The summed E-state index contributed by atoms with van der Waals surface area (Å²) < 4.78 is 0. The van der Waals surface area contributed by atoms with E-state index in [1.54, 1.807) is 0 Å². The van der Waals surface area contributed by atoms with Gasteiger partial charge < -0.3 is 10.8 Å². The fourth-order valence-corrected chi connectivity index (χ4v) is 0. The van der Waals surface area contributed by atoms with Crippen molar-refractivity contribution >= 4 is 18.2 Å². The number of hydrogen-bond acceptors (Lipinski definition) is 2. The monoisotopic (exact) mass is 152 g/mol. The quantitative estimate of drug-likeness (QED) is 0.379. The second-order valence-corrected chi connectivity index (χ2v) is 1.74. The molecule has 0 aromatic rings. The highest BCUT2D eigenvalue weighted by molar-refractivity contribution is 5.85. The van der Waals surface area contributed by atoms with Crippen molar-refractivity contribution in [1.82, 2.24) is 0 Å². The van der Waals surface area contributed by atoms with E-state index in [9.17, 15) is 0 Å². The highest BCUT2D eigenvalue weighted by atomic mass is 35.5. The molecule has 0 aromatic heterocycles. The summed E-state index contributed by atoms with van der Waals surface area (Å²) in [6.07, 6.45) is 4.50. The van der Waals surface area contributed by atoms with Crippen molar-refractivity contribution in [2.45, 2.75) is 19.3 Å². The first kappa shape index (κ1) is 11.5. The Morgan fingerprint density at radius 2 is 1.67 bits per heavy atom. The van der Waals surface area contributed by atoms with E-state index in [2.05, 4.69) is 5.73 Å². The van der Waals surface area contributed by atoms with Gasteiger partial charge >= 0.3 is 0 Å². The molecular weight excluding hydrogens is 140 g/mol. The van der Waals surface area contributed by atoms with Crippen molar-refractivity contribution in [3.05, 3.63) is 0 Å². The van der Waals surface area contributed by atoms with Crippen LogP contribution in [0, 0.1) is 5.41 Å². The number of amidine groups is 1. The zero-order valence-corrected chi connectivity index (χ0v) is 6.08. The minimum Gasteiger partial charge on any atom is -0.388 e. The second kappa shape index (κ2) is 7.72. The minimum absolute atomic E-state index is 0. The number of nitrogens with two attached hydrogens (primary N) is 1. The number of aliphatic hydroxyl groups excluding tert-OH is 1. The highest BCUT2D eigenvalue weighted by Crippen LogP contribution is 2.14. The van der Waals surface area contributed by atoms with Gasteiger partial charge in [0.2, 0.25) is 0 Å². The smallest absolute Gasteiger partial charge is 0.117 e. The van der Waals surface area contributed by atoms with Gasteiger partial charge in [-0.05, 0) is 0 Å². The van der Waals surface area contributed by atoms with Gasteiger partial charge in [0.1, 0.15) is 5.84 Å². The van der Waals surface area contributed by atoms with Gasteiger partial charge in [-0.15, -0.1) is 12.4 Å². The van der Waals surface area contributed by atoms with E-state index >= 15 is 0 Å². The molecule has 1 saturated carbocycles. The van der Waals surface area contributed by atoms with E-state index in [4.69, 9.17) is 10.5 Å². The van der Waals surface area contributed by atoms with Crippen LogP contribution in [-0.2, 0) is 0 Å². The third-order valence-electron chi connectivity index (χ3n) is 0.524. The average Bonchev–Trinajstić information content (AvgIpc) is 2.48. The molecular formula is C5H13ClN2O. The van der Waals surface area contributed by atoms with E-state index in [0.717, 1.165) is 0 Å². The maximum Gasteiger partial charge on any atom is 0.117 e. The van der Waals surface area contributed by atoms with Crippen LogP contribution in [0.4, 0.5) is 0 Å². The molecule has 0 spiro atoms. The molecule has 1 aliphatic carbocycles. The molecule has 0 radical (unpaired) electrons. The van der Waals surface area contributed by atoms with Crippen molar-refractivity contribution in [1.29, 1.82) is 5.41 Å². The van der Waals surface area contributed by atoms with Crippen LogP contribution in [0.3, 0.4) is 0 Å². The lowest BCUT2D eigenvalue weighted by molar-refractivity contribution is 0.355. The van der Waals surface area contributed by atoms with Gasteiger partial charge in [-0.25, -0.2) is 0 Å². The van der Waals surface area contributed by atoms with Gasteiger partial charge in [0, 0.05) is 0 Å². The largest absolute Gasteiger partial charge is 0.388 e. The first-order chi connectivity index (χ1) is 3.77. The third kappa shape index (κ3) is 34.1. The van der Waals surface area contributed by atoms with Crippen LogP contribution in [-0.4, -0.2) is 17.5 Å². The molecule has 0 amide bonds. The number of aliphatic hydroxyl groups is 1. The van der Waals surface area contributed by atoms with Crippen molar-refractivity contribution in [3.8, 4) is 0 Å². The minimum atomic E-state index is -0.333. The zero-order chi connectivity index (χ0) is 6.41. The van der Waals surface area contributed by atoms with Gasteiger partial charge in [0.25, 0.3) is 0 Å². The highest BCUT2D eigenvalue weighted by Gasteiger charge is 1.95. The third-order valence-corrected chi connectivity index (χ3v) is 0.524. The summed E-state index contributed by atoms with van der Waals surface area (Å²) in [6.45, 7) is -0.333. The first-order valence-corrected chi connectivity index (χ1v) is 2.71. The predicted octanol–water partition coefficient (Wildman–Crippen LogP) is 0.507. The number of rotatable bonds is 1. The fraction of sp³-hybridized carbons (Fsp3) is 0.800. The van der Waals surface area contributed by atoms with Crippen molar-refractivity contribution in [2.24, 2.45) is 5.73 Å². The molecule has 4 heteroatoms. The van der Waals surface area contributed by atoms with E-state index in [0.29, 0.717) is 0 Å². The van der Waals surface area contributed by atoms with Crippen molar-refractivity contribution in [2.75, 3.05) is 6.61 Å². The van der Waals surface area contributed by atoms with Crippen LogP contribution in [0.1, 0.15) is 19.3 Å². The molecule has 0 heterocycles. The Balaban J connectivity index is 0. The molecule has 0 saturated heterocycles. The van der Waals surface area contributed by atoms with Crippen molar-refractivity contribution < 1.29 is 5.11 Å². The maximum absolute atomic E-state index is 7.79. The molecule has 0 unspecified atom stereocenters. The van der Waals surface area contributed by atoms with E-state index in [1.165, 1.54) is 19.3 Å². The Labute approximate surface area is 61.2 Å². The van der Waals surface area contributed by atoms with Crippen LogP contribution in [0.25, 0.3) is 0 Å². The second-order valence-electron chi connectivity index (χ2n) is 1.74. The molecule has 9 heavy (non-hydrogen) atoms. The topological polar surface area (TPSA) is 70.1 Å². The van der Waals surface area contributed by atoms with Gasteiger partial charge in [0.15, 0.2) is 0 Å². The van der Waals surface area contributed by atoms with Crippen LogP contribution in [0.15, 0.2) is 0 Å². The number of hydrogen-bond donors (Lipinski definition) is 3. The zero-order valence-electron chi connectivity index (χ0n) is 5.26. The van der Waals surface area contributed by atoms with Gasteiger partial charge in [-0.2, -0.15) is 0 Å². The summed E-state index contributed by atoms with van der Waals surface area (Å²) in [6, 6.07) is 0. The Morgan fingerprint density at radius 1 is 1.44 bits per heavy atom. The van der Waals surface area contributed by atoms with E-state index in [-0.39, 0.29) is 24.8 Å². The number of halogens is 1. The average molecular weight is 153 g/mol. The van der Waals surface area contributed by atoms with Crippen molar-refractivity contribution in [3.63, 3.8) is 0 Å². The van der Waals surface area contributed by atoms with Gasteiger partial charge in [-0.3, -0.25) is 5.41 Å². The van der Waals surface area contributed by atoms with E-state index < -0.39 is 0 Å². The summed E-state index contributed by atoms with van der Waals surface area (Å²) in [4.78, 5) is 0. The summed E-state index contributed by atoms with van der Waals surface area (Å²) >= 11 is 0. The van der Waals surface area contributed by atoms with E-state index in [1.807, 2.05) is 0 Å². The summed E-state index contributed by atoms with van der Waals surface area (Å²) in [5, 5.41) is 14.1. The lowest BCUT2D eigenvalue weighted by Gasteiger charge is -1.78. The lowest BCUT2D eigenvalue weighted by atomic mass is 10.7. The first-order valence-electron chi connectivity index (χ1n) is 2.71. The van der Waals surface area contributed by atoms with Crippen LogP contribution < -0.4 is 5.73 Å². The summed E-state index contributed by atoms with van der Waals surface area (Å²) in [5.74, 6) is -0.190. The molecule has 3 nitrogen and oxygen atoms in total. The van der Waals surface area contributed by atoms with Crippen LogP contribution >= 0.6 is 12.4 Å². The standard InChI is InChI=1S/C3H6.C2H6N2O.ClH/c1-2-3-1;3-2(4)1-5;/h1-3H2;5H,1H2,(H3,3,4);1H. The fourth-order valence-electron chi connectivity index (χ4n) is 0. The Bertz CT molecular complexity index is 72.6. The van der Waals surface area contributed by atoms with Crippen LogP contribution in [0.2, 0.25) is 0 Å². The van der Waals surface area contributed by atoms with Gasteiger partial charge in [0.05, 0.1) is 6.61 Å². The summed E-state index contributed by atoms with van der Waals surface area (Å²) in [7, 11) is 0. The molecule has 1 aliphatic rings. The number of nitrogens with one attached hydrogen (secondary N) is 1. The summed E-state index contributed by atoms with van der Waals surface area (Å²) in [5.41, 5.74) is 4.62. The molecule has 1 rings (SSSR count). The molecule has 56 valence electrons.